The van der Waals surface area contributed by atoms with Crippen LogP contribution in [0, 0.1) is 0 Å². The van der Waals surface area contributed by atoms with Crippen molar-refractivity contribution in [3.05, 3.63) is 58.6 Å². The molecule has 1 aliphatic heterocycles. The zero-order valence-electron chi connectivity index (χ0n) is 18.4. The lowest BCUT2D eigenvalue weighted by Gasteiger charge is -2.42. The number of hydrogen-bond donors (Lipinski definition) is 1. The second-order valence-corrected chi connectivity index (χ2v) is 8.46. The Balaban J connectivity index is 2.08. The number of halogens is 1. The van der Waals surface area contributed by atoms with Crippen molar-refractivity contribution in [1.82, 2.24) is 4.90 Å². The number of unbranched alkanes of at least 4 members (excludes halogenated alkanes) is 1. The maximum Gasteiger partial charge on any atom is 0.209 e. The molecule has 1 heterocycles. The van der Waals surface area contributed by atoms with Gasteiger partial charge in [0.2, 0.25) is 6.41 Å². The van der Waals surface area contributed by atoms with Crippen molar-refractivity contribution in [3.8, 4) is 11.1 Å². The molecule has 0 aliphatic carbocycles. The van der Waals surface area contributed by atoms with Crippen LogP contribution in [0.3, 0.4) is 0 Å². The SMILES string of the molecule is CCc1cccc(-c2c(Cl)cccc2[C@](O)(CCCCOC)[C@H]2CN(C=O)CCO2)c1. The summed E-state index contributed by atoms with van der Waals surface area (Å²) in [6.07, 6.45) is 3.25. The zero-order chi connectivity index (χ0) is 22.3. The average molecular weight is 446 g/mol. The highest BCUT2D eigenvalue weighted by atomic mass is 35.5. The minimum absolute atomic E-state index is 0.339. The van der Waals surface area contributed by atoms with E-state index in [0.29, 0.717) is 37.7 Å². The van der Waals surface area contributed by atoms with Crippen LogP contribution < -0.4 is 0 Å². The lowest BCUT2D eigenvalue weighted by molar-refractivity contribution is -0.158. The first-order valence-corrected chi connectivity index (χ1v) is 11.3. The molecule has 2 aromatic rings. The second kappa shape index (κ2) is 11.1. The molecule has 6 heteroatoms. The Kier molecular flexibility index (Phi) is 8.50. The zero-order valence-corrected chi connectivity index (χ0v) is 19.1. The fourth-order valence-electron chi connectivity index (χ4n) is 4.29. The number of aryl methyl sites for hydroxylation is 1. The van der Waals surface area contributed by atoms with Gasteiger partial charge < -0.3 is 19.5 Å². The molecule has 168 valence electrons. The van der Waals surface area contributed by atoms with Gasteiger partial charge in [-0.05, 0) is 48.4 Å². The number of aliphatic hydroxyl groups is 1. The van der Waals surface area contributed by atoms with E-state index in [2.05, 4.69) is 19.1 Å². The summed E-state index contributed by atoms with van der Waals surface area (Å²) in [7, 11) is 1.67. The Morgan fingerprint density at radius 3 is 2.84 bits per heavy atom. The van der Waals surface area contributed by atoms with E-state index in [4.69, 9.17) is 21.1 Å². The van der Waals surface area contributed by atoms with Crippen LogP contribution in [0.5, 0.6) is 0 Å². The summed E-state index contributed by atoms with van der Waals surface area (Å²) in [6, 6.07) is 13.9. The number of rotatable bonds is 10. The highest BCUT2D eigenvalue weighted by Crippen LogP contribution is 2.43. The molecule has 0 radical (unpaired) electrons. The van der Waals surface area contributed by atoms with Gasteiger partial charge in [-0.1, -0.05) is 54.9 Å². The van der Waals surface area contributed by atoms with E-state index in [1.54, 1.807) is 12.0 Å². The molecule has 0 spiro atoms. The van der Waals surface area contributed by atoms with Gasteiger partial charge in [-0.3, -0.25) is 4.79 Å². The van der Waals surface area contributed by atoms with Crippen LogP contribution in [0.15, 0.2) is 42.5 Å². The molecule has 2 aromatic carbocycles. The van der Waals surface area contributed by atoms with E-state index >= 15 is 0 Å². The molecule has 0 aromatic heterocycles. The summed E-state index contributed by atoms with van der Waals surface area (Å²) in [5.74, 6) is 0. The number of carbonyl (C=O) groups is 1. The number of carbonyl (C=O) groups excluding carboxylic acids is 1. The lowest BCUT2D eigenvalue weighted by atomic mass is 9.79. The van der Waals surface area contributed by atoms with Gasteiger partial charge in [-0.2, -0.15) is 0 Å². The number of amides is 1. The molecule has 1 saturated heterocycles. The molecule has 1 N–H and O–H groups in total. The fraction of sp³-hybridized carbons (Fsp3) is 0.480. The lowest BCUT2D eigenvalue weighted by Crippen LogP contribution is -2.52. The van der Waals surface area contributed by atoms with Crippen LogP contribution in [-0.4, -0.2) is 55.9 Å². The van der Waals surface area contributed by atoms with Crippen molar-refractivity contribution in [2.24, 2.45) is 0 Å². The number of benzene rings is 2. The van der Waals surface area contributed by atoms with Crippen LogP contribution >= 0.6 is 11.6 Å². The van der Waals surface area contributed by atoms with Gasteiger partial charge in [0.1, 0.15) is 11.7 Å². The molecule has 5 nitrogen and oxygen atoms in total. The summed E-state index contributed by atoms with van der Waals surface area (Å²) in [6.45, 7) is 4.00. The number of nitrogens with zero attached hydrogens (tertiary/aromatic N) is 1. The standard InChI is InChI=1S/C25H32ClNO4/c1-3-19-8-6-9-20(16-19)24-21(10-7-11-22(24)26)25(29,12-4-5-14-30-2)23-17-27(18-28)13-15-31-23/h6-11,16,18,23,29H,3-5,12-15,17H2,1-2H3/t23-,25-/m1/s1. The molecule has 1 fully saturated rings. The van der Waals surface area contributed by atoms with Crippen molar-refractivity contribution in [2.75, 3.05) is 33.4 Å². The van der Waals surface area contributed by atoms with E-state index < -0.39 is 11.7 Å². The van der Waals surface area contributed by atoms with Gasteiger partial charge in [0, 0.05) is 37.4 Å². The Morgan fingerprint density at radius 2 is 2.10 bits per heavy atom. The van der Waals surface area contributed by atoms with E-state index in [9.17, 15) is 9.90 Å². The van der Waals surface area contributed by atoms with Crippen molar-refractivity contribution in [2.45, 2.75) is 44.3 Å². The van der Waals surface area contributed by atoms with Crippen LogP contribution in [0.4, 0.5) is 0 Å². The predicted octanol–water partition coefficient (Wildman–Crippen LogP) is 4.43. The third-order valence-electron chi connectivity index (χ3n) is 6.04. The number of ether oxygens (including phenoxy) is 2. The summed E-state index contributed by atoms with van der Waals surface area (Å²) in [5, 5.41) is 12.7. The monoisotopic (exact) mass is 445 g/mol. The molecule has 3 rings (SSSR count). The Hall–Kier alpha value is -1.92. The number of methoxy groups -OCH3 is 1. The molecule has 31 heavy (non-hydrogen) atoms. The molecular formula is C25H32ClNO4. The van der Waals surface area contributed by atoms with Crippen LogP contribution in [-0.2, 0) is 26.3 Å². The van der Waals surface area contributed by atoms with Gasteiger partial charge in [0.25, 0.3) is 0 Å². The smallest absolute Gasteiger partial charge is 0.209 e. The van der Waals surface area contributed by atoms with Gasteiger partial charge >= 0.3 is 0 Å². The molecule has 1 amide bonds. The normalized spacial score (nSPS) is 18.6. The first-order chi connectivity index (χ1) is 15.0. The molecule has 1 aliphatic rings. The van der Waals surface area contributed by atoms with Gasteiger partial charge in [-0.15, -0.1) is 0 Å². The Labute approximate surface area is 189 Å². The largest absolute Gasteiger partial charge is 0.385 e. The summed E-state index contributed by atoms with van der Waals surface area (Å²) >= 11 is 6.71. The van der Waals surface area contributed by atoms with Gasteiger partial charge in [0.05, 0.1) is 6.61 Å². The van der Waals surface area contributed by atoms with Crippen LogP contribution in [0.25, 0.3) is 11.1 Å². The van der Waals surface area contributed by atoms with Gasteiger partial charge in [-0.25, -0.2) is 0 Å². The van der Waals surface area contributed by atoms with Crippen molar-refractivity contribution in [1.29, 1.82) is 0 Å². The summed E-state index contributed by atoms with van der Waals surface area (Å²) < 4.78 is 11.2. The maximum atomic E-state index is 12.1. The molecule has 2 atom stereocenters. The van der Waals surface area contributed by atoms with Crippen molar-refractivity contribution in [3.63, 3.8) is 0 Å². The molecule has 0 saturated carbocycles. The molecule has 0 bridgehead atoms. The third kappa shape index (κ3) is 5.47. The van der Waals surface area contributed by atoms with E-state index in [-0.39, 0.29) is 0 Å². The predicted molar refractivity (Wildman–Crippen MR) is 123 cm³/mol. The molecule has 0 unspecified atom stereocenters. The fourth-order valence-corrected chi connectivity index (χ4v) is 4.57. The first kappa shape index (κ1) is 23.7. The number of hydrogen-bond acceptors (Lipinski definition) is 4. The highest BCUT2D eigenvalue weighted by molar-refractivity contribution is 6.33. The maximum absolute atomic E-state index is 12.1. The van der Waals surface area contributed by atoms with E-state index in [1.807, 2.05) is 30.3 Å². The summed E-state index contributed by atoms with van der Waals surface area (Å²) in [4.78, 5) is 13.1. The van der Waals surface area contributed by atoms with E-state index in [0.717, 1.165) is 42.4 Å². The van der Waals surface area contributed by atoms with Crippen LogP contribution in [0.2, 0.25) is 5.02 Å². The van der Waals surface area contributed by atoms with Crippen molar-refractivity contribution >= 4 is 18.0 Å². The van der Waals surface area contributed by atoms with Crippen molar-refractivity contribution < 1.29 is 19.4 Å². The Bertz CT molecular complexity index is 874. The Morgan fingerprint density at radius 1 is 1.29 bits per heavy atom. The second-order valence-electron chi connectivity index (χ2n) is 8.05. The van der Waals surface area contributed by atoms with E-state index in [1.165, 1.54) is 5.56 Å². The quantitative estimate of drug-likeness (QED) is 0.434. The summed E-state index contributed by atoms with van der Waals surface area (Å²) in [5.41, 5.74) is 2.44. The molecular weight excluding hydrogens is 414 g/mol. The highest BCUT2D eigenvalue weighted by Gasteiger charge is 2.43. The van der Waals surface area contributed by atoms with Crippen LogP contribution in [0.1, 0.15) is 37.3 Å². The minimum Gasteiger partial charge on any atom is -0.385 e. The van der Waals surface area contributed by atoms with Gasteiger partial charge in [0.15, 0.2) is 0 Å². The third-order valence-corrected chi connectivity index (χ3v) is 6.35. The number of morpholine rings is 1. The first-order valence-electron chi connectivity index (χ1n) is 10.9. The topological polar surface area (TPSA) is 59.0 Å². The average Bonchev–Trinajstić information content (AvgIpc) is 2.81. The minimum atomic E-state index is -1.29.